The van der Waals surface area contributed by atoms with Crippen molar-refractivity contribution in [1.29, 1.82) is 0 Å². The van der Waals surface area contributed by atoms with Gasteiger partial charge in [-0.2, -0.15) is 0 Å². The SMILES string of the molecule is CS/C=C(\SC)C([NH+]=C(C)C)c1ccccc1. The van der Waals surface area contributed by atoms with Crippen molar-refractivity contribution in [3.63, 3.8) is 0 Å². The second kappa shape index (κ2) is 7.62. The molecule has 1 rings (SSSR count). The standard InChI is InChI=1S/C14H19NS2/c1-11(2)15-14(13(17-4)10-16-3)12-8-6-5-7-9-12/h5-10,14H,1-4H3/p+1/b13-10-. The van der Waals surface area contributed by atoms with Crippen LogP contribution in [0, 0.1) is 0 Å². The van der Waals surface area contributed by atoms with E-state index in [1.165, 1.54) is 16.2 Å². The molecule has 0 heterocycles. The molecule has 0 fully saturated rings. The predicted molar refractivity (Wildman–Crippen MR) is 81.6 cm³/mol. The molecule has 1 unspecified atom stereocenters. The summed E-state index contributed by atoms with van der Waals surface area (Å²) in [5, 5.41) is 2.22. The van der Waals surface area contributed by atoms with Gasteiger partial charge in [-0.05, 0) is 17.9 Å². The van der Waals surface area contributed by atoms with Crippen molar-refractivity contribution in [2.75, 3.05) is 12.5 Å². The van der Waals surface area contributed by atoms with Crippen LogP contribution in [0.15, 0.2) is 40.6 Å². The molecule has 0 saturated carbocycles. The van der Waals surface area contributed by atoms with Gasteiger partial charge in [0, 0.05) is 19.4 Å². The fraction of sp³-hybridized carbons (Fsp3) is 0.357. The first-order valence-corrected chi connectivity index (χ1v) is 8.08. The van der Waals surface area contributed by atoms with Crippen LogP contribution in [0.3, 0.4) is 0 Å². The molecule has 0 aromatic heterocycles. The van der Waals surface area contributed by atoms with E-state index in [1.807, 2.05) is 0 Å². The van der Waals surface area contributed by atoms with Gasteiger partial charge in [0.2, 0.25) is 6.04 Å². The molecule has 1 aromatic carbocycles. The summed E-state index contributed by atoms with van der Waals surface area (Å²) in [6.45, 7) is 4.21. The Kier molecular flexibility index (Phi) is 6.45. The van der Waals surface area contributed by atoms with E-state index in [9.17, 15) is 0 Å². The Labute approximate surface area is 113 Å². The van der Waals surface area contributed by atoms with Gasteiger partial charge in [0.25, 0.3) is 0 Å². The van der Waals surface area contributed by atoms with Crippen LogP contribution < -0.4 is 4.99 Å². The number of hydrogen-bond donors (Lipinski definition) is 1. The lowest BCUT2D eigenvalue weighted by Gasteiger charge is -2.11. The van der Waals surface area contributed by atoms with Crippen molar-refractivity contribution >= 4 is 29.2 Å². The van der Waals surface area contributed by atoms with Crippen molar-refractivity contribution in [2.45, 2.75) is 19.9 Å². The molecule has 1 nitrogen and oxygen atoms in total. The largest absolute Gasteiger partial charge is 0.238 e. The van der Waals surface area contributed by atoms with Crippen molar-refractivity contribution in [3.05, 3.63) is 46.2 Å². The van der Waals surface area contributed by atoms with Crippen molar-refractivity contribution in [2.24, 2.45) is 0 Å². The summed E-state index contributed by atoms with van der Waals surface area (Å²) in [6, 6.07) is 10.8. The molecular formula is C14H20NS2+. The van der Waals surface area contributed by atoms with Gasteiger partial charge in [0.15, 0.2) is 0 Å². The highest BCUT2D eigenvalue weighted by Gasteiger charge is 2.19. The number of hydrogen-bond acceptors (Lipinski definition) is 2. The van der Waals surface area contributed by atoms with Crippen LogP contribution in [0.5, 0.6) is 0 Å². The van der Waals surface area contributed by atoms with Gasteiger partial charge in [0.1, 0.15) is 5.71 Å². The Morgan fingerprint density at radius 2 is 1.82 bits per heavy atom. The van der Waals surface area contributed by atoms with E-state index in [0.29, 0.717) is 0 Å². The second-order valence-corrected chi connectivity index (χ2v) is 5.53. The van der Waals surface area contributed by atoms with Crippen LogP contribution in [-0.2, 0) is 0 Å². The lowest BCUT2D eigenvalue weighted by molar-refractivity contribution is -0.497. The quantitative estimate of drug-likeness (QED) is 0.824. The fourth-order valence-corrected chi connectivity index (χ4v) is 3.08. The highest BCUT2D eigenvalue weighted by atomic mass is 32.2. The number of benzene rings is 1. The molecule has 1 N–H and O–H groups in total. The van der Waals surface area contributed by atoms with Gasteiger partial charge in [-0.3, -0.25) is 0 Å². The number of rotatable bonds is 5. The molecule has 0 saturated heterocycles. The monoisotopic (exact) mass is 266 g/mol. The van der Waals surface area contributed by atoms with Crippen LogP contribution in [0.4, 0.5) is 0 Å². The maximum Gasteiger partial charge on any atom is 0.207 e. The van der Waals surface area contributed by atoms with Gasteiger partial charge in [-0.15, -0.1) is 23.5 Å². The summed E-state index contributed by atoms with van der Waals surface area (Å²) in [5.41, 5.74) is 2.54. The molecule has 1 atom stereocenters. The fourth-order valence-electron chi connectivity index (χ4n) is 1.60. The van der Waals surface area contributed by atoms with E-state index in [4.69, 9.17) is 0 Å². The third kappa shape index (κ3) is 4.60. The third-order valence-electron chi connectivity index (χ3n) is 2.32. The minimum absolute atomic E-state index is 0.267. The van der Waals surface area contributed by atoms with Crippen LogP contribution in [0.2, 0.25) is 0 Å². The summed E-state index contributed by atoms with van der Waals surface area (Å²) in [7, 11) is 0. The Morgan fingerprint density at radius 1 is 1.18 bits per heavy atom. The first-order chi connectivity index (χ1) is 8.19. The van der Waals surface area contributed by atoms with Crippen LogP contribution in [0.1, 0.15) is 25.5 Å². The summed E-state index contributed by atoms with van der Waals surface area (Å²) in [6.07, 6.45) is 4.23. The first kappa shape index (κ1) is 14.4. The van der Waals surface area contributed by atoms with Gasteiger partial charge in [-0.1, -0.05) is 30.3 Å². The lowest BCUT2D eigenvalue weighted by atomic mass is 10.1. The Hall–Kier alpha value is -0.670. The lowest BCUT2D eigenvalue weighted by Crippen LogP contribution is -2.73. The molecule has 0 amide bonds. The van der Waals surface area contributed by atoms with Crippen LogP contribution in [0.25, 0.3) is 0 Å². The number of thioether (sulfide) groups is 2. The van der Waals surface area contributed by atoms with Gasteiger partial charge < -0.3 is 0 Å². The number of nitrogens with one attached hydrogen (secondary N) is 1. The smallest absolute Gasteiger partial charge is 0.207 e. The van der Waals surface area contributed by atoms with E-state index in [1.54, 1.807) is 23.5 Å². The molecule has 0 aliphatic rings. The highest BCUT2D eigenvalue weighted by Crippen LogP contribution is 2.27. The summed E-state index contributed by atoms with van der Waals surface area (Å²) < 4.78 is 0. The van der Waals surface area contributed by atoms with Gasteiger partial charge in [0.05, 0.1) is 4.91 Å². The van der Waals surface area contributed by atoms with E-state index >= 15 is 0 Å². The topological polar surface area (TPSA) is 14.0 Å². The van der Waals surface area contributed by atoms with Crippen LogP contribution >= 0.6 is 23.5 Å². The Morgan fingerprint density at radius 3 is 2.29 bits per heavy atom. The van der Waals surface area contributed by atoms with E-state index < -0.39 is 0 Å². The average molecular weight is 266 g/mol. The van der Waals surface area contributed by atoms with Crippen molar-refractivity contribution < 1.29 is 4.99 Å². The van der Waals surface area contributed by atoms with Crippen molar-refractivity contribution in [3.8, 4) is 0 Å². The zero-order valence-corrected chi connectivity index (χ0v) is 12.5. The van der Waals surface area contributed by atoms with E-state index in [2.05, 4.69) is 67.1 Å². The Bertz CT molecular complexity index is 392. The predicted octanol–water partition coefficient (Wildman–Crippen LogP) is 2.86. The van der Waals surface area contributed by atoms with E-state index in [0.717, 1.165) is 0 Å². The second-order valence-electron chi connectivity index (χ2n) is 3.95. The normalized spacial score (nSPS) is 13.3. The zero-order valence-electron chi connectivity index (χ0n) is 10.9. The molecule has 0 aliphatic heterocycles. The Balaban J connectivity index is 3.12. The molecule has 92 valence electrons. The summed E-state index contributed by atoms with van der Waals surface area (Å²) in [5.74, 6) is 0. The zero-order chi connectivity index (χ0) is 12.7. The maximum atomic E-state index is 3.55. The first-order valence-electron chi connectivity index (χ1n) is 5.57. The molecule has 0 spiro atoms. The van der Waals surface area contributed by atoms with Crippen LogP contribution in [-0.4, -0.2) is 18.2 Å². The van der Waals surface area contributed by atoms with Gasteiger partial charge >= 0.3 is 0 Å². The summed E-state index contributed by atoms with van der Waals surface area (Å²) >= 11 is 3.56. The molecule has 0 bridgehead atoms. The molecular weight excluding hydrogens is 246 g/mol. The minimum atomic E-state index is 0.267. The molecule has 0 radical (unpaired) electrons. The molecule has 17 heavy (non-hydrogen) atoms. The van der Waals surface area contributed by atoms with E-state index in [-0.39, 0.29) is 6.04 Å². The highest BCUT2D eigenvalue weighted by molar-refractivity contribution is 8.05. The minimum Gasteiger partial charge on any atom is -0.238 e. The maximum absolute atomic E-state index is 3.55. The summed E-state index contributed by atoms with van der Waals surface area (Å²) in [4.78, 5) is 4.90. The third-order valence-corrected chi connectivity index (χ3v) is 3.78. The molecule has 1 aromatic rings. The molecule has 3 heteroatoms. The average Bonchev–Trinajstić information content (AvgIpc) is 2.34. The van der Waals surface area contributed by atoms with Gasteiger partial charge in [-0.25, -0.2) is 4.99 Å². The molecule has 0 aliphatic carbocycles. The van der Waals surface area contributed by atoms with Crippen molar-refractivity contribution in [1.82, 2.24) is 0 Å².